The highest BCUT2D eigenvalue weighted by Crippen LogP contribution is 2.39. The predicted molar refractivity (Wildman–Crippen MR) is 149 cm³/mol. The Hall–Kier alpha value is -3.90. The summed E-state index contributed by atoms with van der Waals surface area (Å²) in [5.41, 5.74) is 6.47. The van der Waals surface area contributed by atoms with Gasteiger partial charge in [0.25, 0.3) is 0 Å². The summed E-state index contributed by atoms with van der Waals surface area (Å²) in [5, 5.41) is 7.94. The molecule has 0 spiro atoms. The lowest BCUT2D eigenvalue weighted by Crippen LogP contribution is -2.10. The first kappa shape index (κ1) is 20.7. The molecular weight excluding hydrogens is 408 g/mol. The van der Waals surface area contributed by atoms with Crippen LogP contribution in [0.2, 0.25) is 0 Å². The second-order valence-corrected chi connectivity index (χ2v) is 10.3. The van der Waals surface area contributed by atoms with Crippen molar-refractivity contribution in [2.24, 2.45) is 0 Å². The highest BCUT2D eigenvalue weighted by Gasteiger charge is 2.16. The van der Waals surface area contributed by atoms with Crippen LogP contribution in [0, 0.1) is 0 Å². The maximum absolute atomic E-state index is 2.41. The maximum atomic E-state index is 2.41. The minimum atomic E-state index is 0.105. The predicted octanol–water partition coefficient (Wildman–Crippen LogP) is 9.78. The molecule has 0 aliphatic rings. The monoisotopic (exact) mass is 436 g/mol. The van der Waals surface area contributed by atoms with Gasteiger partial charge in [0.15, 0.2) is 0 Å². The Bertz CT molecular complexity index is 1660. The van der Waals surface area contributed by atoms with Crippen molar-refractivity contribution in [3.8, 4) is 22.3 Å². The van der Waals surface area contributed by atoms with Gasteiger partial charge in [0.2, 0.25) is 0 Å². The van der Waals surface area contributed by atoms with Gasteiger partial charge >= 0.3 is 0 Å². The molecule has 164 valence electrons. The molecule has 0 N–H and O–H groups in total. The largest absolute Gasteiger partial charge is 0.0622 e. The highest BCUT2D eigenvalue weighted by molar-refractivity contribution is 6.25. The first-order valence-corrected chi connectivity index (χ1v) is 12.0. The number of hydrogen-bond acceptors (Lipinski definition) is 0. The molecule has 0 aromatic heterocycles. The van der Waals surface area contributed by atoms with Crippen LogP contribution in [0.25, 0.3) is 54.6 Å². The van der Waals surface area contributed by atoms with Crippen molar-refractivity contribution in [1.82, 2.24) is 0 Å². The van der Waals surface area contributed by atoms with E-state index in [2.05, 4.69) is 136 Å². The van der Waals surface area contributed by atoms with Crippen LogP contribution in [0.1, 0.15) is 26.3 Å². The Labute approximate surface area is 201 Å². The molecule has 0 aliphatic carbocycles. The fourth-order valence-electron chi connectivity index (χ4n) is 5.11. The SMILES string of the molecule is CC(C)(C)c1ccc2c3ccccc3c3ccc(-c4cccc(-c5ccccc5)c4)cc3c2c1. The third-order valence-electron chi connectivity index (χ3n) is 7.01. The van der Waals surface area contributed by atoms with Gasteiger partial charge in [0, 0.05) is 0 Å². The van der Waals surface area contributed by atoms with E-state index in [9.17, 15) is 0 Å². The number of fused-ring (bicyclic) bond motifs is 6. The van der Waals surface area contributed by atoms with Crippen molar-refractivity contribution in [3.63, 3.8) is 0 Å². The van der Waals surface area contributed by atoms with Crippen molar-refractivity contribution in [1.29, 1.82) is 0 Å². The fourth-order valence-corrected chi connectivity index (χ4v) is 5.11. The minimum absolute atomic E-state index is 0.105. The lowest BCUT2D eigenvalue weighted by Gasteiger charge is -2.21. The Morgan fingerprint density at radius 1 is 0.353 bits per heavy atom. The molecule has 0 unspecified atom stereocenters. The fraction of sp³-hybridized carbons (Fsp3) is 0.118. The molecule has 0 bridgehead atoms. The molecule has 0 fully saturated rings. The topological polar surface area (TPSA) is 0 Å². The van der Waals surface area contributed by atoms with Crippen LogP contribution >= 0.6 is 0 Å². The molecule has 0 heterocycles. The molecular formula is C34H28. The zero-order valence-corrected chi connectivity index (χ0v) is 20.0. The van der Waals surface area contributed by atoms with Crippen LogP contribution in [0.3, 0.4) is 0 Å². The van der Waals surface area contributed by atoms with Gasteiger partial charge in [0.05, 0.1) is 0 Å². The summed E-state index contributed by atoms with van der Waals surface area (Å²) in [5.74, 6) is 0. The number of hydrogen-bond donors (Lipinski definition) is 0. The molecule has 0 heteroatoms. The Morgan fingerprint density at radius 3 is 1.53 bits per heavy atom. The lowest BCUT2D eigenvalue weighted by molar-refractivity contribution is 0.591. The summed E-state index contributed by atoms with van der Waals surface area (Å²) in [6.45, 7) is 6.87. The highest BCUT2D eigenvalue weighted by atomic mass is 14.2. The van der Waals surface area contributed by atoms with E-state index in [1.54, 1.807) is 0 Å². The average Bonchev–Trinajstić information content (AvgIpc) is 2.88. The third kappa shape index (κ3) is 3.47. The van der Waals surface area contributed by atoms with Gasteiger partial charge in [-0.15, -0.1) is 0 Å². The smallest absolute Gasteiger partial charge is 0.00927 e. The van der Waals surface area contributed by atoms with Crippen molar-refractivity contribution in [2.45, 2.75) is 26.2 Å². The summed E-state index contributed by atoms with van der Waals surface area (Å²) in [6, 6.07) is 42.3. The molecule has 0 saturated heterocycles. The van der Waals surface area contributed by atoms with Crippen LogP contribution in [-0.2, 0) is 5.41 Å². The van der Waals surface area contributed by atoms with Gasteiger partial charge in [-0.05, 0) is 83.7 Å². The van der Waals surface area contributed by atoms with E-state index in [4.69, 9.17) is 0 Å². The molecule has 0 nitrogen and oxygen atoms in total. The van der Waals surface area contributed by atoms with Gasteiger partial charge in [-0.1, -0.05) is 118 Å². The number of benzene rings is 6. The normalized spacial score (nSPS) is 12.0. The van der Waals surface area contributed by atoms with Crippen molar-refractivity contribution in [3.05, 3.63) is 121 Å². The van der Waals surface area contributed by atoms with E-state index in [0.29, 0.717) is 0 Å². The van der Waals surface area contributed by atoms with Gasteiger partial charge in [-0.25, -0.2) is 0 Å². The zero-order valence-electron chi connectivity index (χ0n) is 20.0. The molecule has 0 radical (unpaired) electrons. The van der Waals surface area contributed by atoms with Gasteiger partial charge in [0.1, 0.15) is 0 Å². The molecule has 0 saturated carbocycles. The van der Waals surface area contributed by atoms with Gasteiger partial charge < -0.3 is 0 Å². The van der Waals surface area contributed by atoms with Gasteiger partial charge in [-0.3, -0.25) is 0 Å². The summed E-state index contributed by atoms with van der Waals surface area (Å²) in [7, 11) is 0. The Morgan fingerprint density at radius 2 is 0.853 bits per heavy atom. The molecule has 6 rings (SSSR count). The molecule has 0 aliphatic heterocycles. The summed E-state index contributed by atoms with van der Waals surface area (Å²) >= 11 is 0. The third-order valence-corrected chi connectivity index (χ3v) is 7.01. The summed E-state index contributed by atoms with van der Waals surface area (Å²) in [6.07, 6.45) is 0. The second kappa shape index (κ2) is 7.85. The van der Waals surface area contributed by atoms with Crippen LogP contribution < -0.4 is 0 Å². The van der Waals surface area contributed by atoms with Crippen molar-refractivity contribution < 1.29 is 0 Å². The van der Waals surface area contributed by atoms with Gasteiger partial charge in [-0.2, -0.15) is 0 Å². The van der Waals surface area contributed by atoms with E-state index < -0.39 is 0 Å². The molecule has 0 amide bonds. The average molecular weight is 437 g/mol. The molecule has 34 heavy (non-hydrogen) atoms. The summed E-state index contributed by atoms with van der Waals surface area (Å²) < 4.78 is 0. The van der Waals surface area contributed by atoms with Crippen LogP contribution in [-0.4, -0.2) is 0 Å². The quantitative estimate of drug-likeness (QED) is 0.237. The van der Waals surface area contributed by atoms with Crippen molar-refractivity contribution >= 4 is 32.3 Å². The van der Waals surface area contributed by atoms with E-state index in [-0.39, 0.29) is 5.41 Å². The van der Waals surface area contributed by atoms with E-state index in [1.807, 2.05) is 0 Å². The standard InChI is InChI=1S/C34H28/c1-34(2,3)27-17-19-31-29-15-8-7-14-28(29)30-18-16-26(21-32(30)33(31)22-27)25-13-9-12-24(20-25)23-10-5-4-6-11-23/h4-22H,1-3H3. The van der Waals surface area contributed by atoms with Crippen molar-refractivity contribution in [2.75, 3.05) is 0 Å². The maximum Gasteiger partial charge on any atom is -0.00927 e. The molecule has 0 atom stereocenters. The minimum Gasteiger partial charge on any atom is -0.0622 e. The van der Waals surface area contributed by atoms with E-state index >= 15 is 0 Å². The van der Waals surface area contributed by atoms with E-state index in [1.165, 1.54) is 60.1 Å². The molecule has 6 aromatic rings. The molecule has 6 aromatic carbocycles. The van der Waals surface area contributed by atoms with E-state index in [0.717, 1.165) is 0 Å². The number of rotatable bonds is 2. The van der Waals surface area contributed by atoms with Crippen LogP contribution in [0.15, 0.2) is 115 Å². The first-order chi connectivity index (χ1) is 16.5. The lowest BCUT2D eigenvalue weighted by atomic mass is 9.84. The summed E-state index contributed by atoms with van der Waals surface area (Å²) in [4.78, 5) is 0. The zero-order chi connectivity index (χ0) is 23.3. The van der Waals surface area contributed by atoms with Crippen LogP contribution in [0.5, 0.6) is 0 Å². The first-order valence-electron chi connectivity index (χ1n) is 12.0. The second-order valence-electron chi connectivity index (χ2n) is 10.3. The Balaban J connectivity index is 1.63. The Kier molecular flexibility index (Phi) is 4.78. The van der Waals surface area contributed by atoms with Crippen LogP contribution in [0.4, 0.5) is 0 Å².